The van der Waals surface area contributed by atoms with E-state index in [4.69, 9.17) is 0 Å². The molecule has 1 saturated heterocycles. The first-order valence-corrected chi connectivity index (χ1v) is 10.5. The fourth-order valence-electron chi connectivity index (χ4n) is 4.63. The van der Waals surface area contributed by atoms with Gasteiger partial charge in [-0.05, 0) is 60.7 Å². The molecular weight excluding hydrogens is 372 g/mol. The zero-order valence-electron chi connectivity index (χ0n) is 17.4. The standard InChI is InChI=1S/C25H28N4O/c1-26-24(30)25(11-5-15-29(19-25)18-20-9-13-27-14-10-20)16-21-6-2-3-8-23(21)22-7-4-12-28-17-22/h2-4,6-10,12-14,17H,5,11,15-16,18-19H2,1H3,(H,26,30). The molecule has 1 atom stereocenters. The number of benzene rings is 1. The van der Waals surface area contributed by atoms with Crippen molar-refractivity contribution in [3.8, 4) is 11.1 Å². The van der Waals surface area contributed by atoms with Gasteiger partial charge >= 0.3 is 0 Å². The number of hydrogen-bond donors (Lipinski definition) is 1. The van der Waals surface area contributed by atoms with Gasteiger partial charge in [-0.15, -0.1) is 0 Å². The van der Waals surface area contributed by atoms with E-state index in [2.05, 4.69) is 50.5 Å². The van der Waals surface area contributed by atoms with Crippen molar-refractivity contribution in [2.75, 3.05) is 20.1 Å². The number of nitrogens with zero attached hydrogens (tertiary/aromatic N) is 3. The molecule has 1 aromatic carbocycles. The van der Waals surface area contributed by atoms with Crippen LogP contribution in [0.2, 0.25) is 0 Å². The number of aromatic nitrogens is 2. The molecule has 4 rings (SSSR count). The summed E-state index contributed by atoms with van der Waals surface area (Å²) in [5, 5.41) is 2.95. The highest BCUT2D eigenvalue weighted by Gasteiger charge is 2.42. The summed E-state index contributed by atoms with van der Waals surface area (Å²) in [6.07, 6.45) is 9.95. The molecule has 0 saturated carbocycles. The molecule has 5 nitrogen and oxygen atoms in total. The van der Waals surface area contributed by atoms with Crippen molar-refractivity contribution < 1.29 is 4.79 Å². The van der Waals surface area contributed by atoms with E-state index in [0.717, 1.165) is 43.6 Å². The Morgan fingerprint density at radius 3 is 2.67 bits per heavy atom. The Morgan fingerprint density at radius 2 is 1.90 bits per heavy atom. The molecule has 1 aliphatic heterocycles. The summed E-state index contributed by atoms with van der Waals surface area (Å²) in [5.74, 6) is 0.128. The van der Waals surface area contributed by atoms with Crippen LogP contribution in [0.25, 0.3) is 11.1 Å². The quantitative estimate of drug-likeness (QED) is 0.685. The first kappa shape index (κ1) is 20.2. The number of likely N-dealkylation sites (tertiary alicyclic amines) is 1. The monoisotopic (exact) mass is 400 g/mol. The highest BCUT2D eigenvalue weighted by Crippen LogP contribution is 2.37. The fourth-order valence-corrected chi connectivity index (χ4v) is 4.63. The van der Waals surface area contributed by atoms with Crippen LogP contribution in [0.4, 0.5) is 0 Å². The number of rotatable bonds is 6. The zero-order chi connectivity index (χ0) is 20.8. The minimum atomic E-state index is -0.446. The van der Waals surface area contributed by atoms with Crippen LogP contribution in [0.5, 0.6) is 0 Å². The van der Waals surface area contributed by atoms with E-state index in [1.54, 1.807) is 13.2 Å². The summed E-state index contributed by atoms with van der Waals surface area (Å²) in [4.78, 5) is 24.0. The van der Waals surface area contributed by atoms with Crippen LogP contribution in [0, 0.1) is 5.41 Å². The topological polar surface area (TPSA) is 58.1 Å². The molecule has 1 aliphatic rings. The van der Waals surface area contributed by atoms with Gasteiger partial charge in [0.1, 0.15) is 0 Å². The van der Waals surface area contributed by atoms with Gasteiger partial charge in [-0.3, -0.25) is 19.7 Å². The Balaban J connectivity index is 1.63. The number of carbonyl (C=O) groups is 1. The third-order valence-corrected chi connectivity index (χ3v) is 6.04. The number of pyridine rings is 2. The Morgan fingerprint density at radius 1 is 1.07 bits per heavy atom. The maximum Gasteiger partial charge on any atom is 0.227 e. The number of amides is 1. The molecule has 1 amide bonds. The maximum atomic E-state index is 13.2. The van der Waals surface area contributed by atoms with E-state index in [0.29, 0.717) is 6.42 Å². The molecule has 0 radical (unpaired) electrons. The van der Waals surface area contributed by atoms with Crippen LogP contribution in [0.15, 0.2) is 73.3 Å². The Kier molecular flexibility index (Phi) is 6.19. The van der Waals surface area contributed by atoms with Crippen molar-refractivity contribution in [2.45, 2.75) is 25.8 Å². The minimum Gasteiger partial charge on any atom is -0.359 e. The lowest BCUT2D eigenvalue weighted by molar-refractivity contribution is -0.134. The van der Waals surface area contributed by atoms with Gasteiger partial charge in [0, 0.05) is 50.5 Å². The molecule has 5 heteroatoms. The Hall–Kier alpha value is -3.05. The minimum absolute atomic E-state index is 0.128. The second-order valence-electron chi connectivity index (χ2n) is 8.10. The van der Waals surface area contributed by atoms with E-state index in [1.807, 2.05) is 36.8 Å². The lowest BCUT2D eigenvalue weighted by atomic mass is 9.73. The zero-order valence-corrected chi connectivity index (χ0v) is 17.4. The van der Waals surface area contributed by atoms with Gasteiger partial charge in [-0.1, -0.05) is 30.3 Å². The van der Waals surface area contributed by atoms with Crippen LogP contribution in [0.1, 0.15) is 24.0 Å². The van der Waals surface area contributed by atoms with Crippen LogP contribution in [0.3, 0.4) is 0 Å². The van der Waals surface area contributed by atoms with Gasteiger partial charge in [0.15, 0.2) is 0 Å². The molecule has 1 fully saturated rings. The summed E-state index contributed by atoms with van der Waals surface area (Å²) in [5.41, 5.74) is 4.22. The SMILES string of the molecule is CNC(=O)C1(Cc2ccccc2-c2cccnc2)CCCN(Cc2ccncc2)C1. The molecule has 30 heavy (non-hydrogen) atoms. The molecular formula is C25H28N4O. The predicted molar refractivity (Wildman–Crippen MR) is 119 cm³/mol. The third kappa shape index (κ3) is 4.41. The third-order valence-electron chi connectivity index (χ3n) is 6.04. The van der Waals surface area contributed by atoms with Crippen LogP contribution in [-0.4, -0.2) is 40.9 Å². The summed E-state index contributed by atoms with van der Waals surface area (Å²) >= 11 is 0. The highest BCUT2D eigenvalue weighted by atomic mass is 16.2. The molecule has 154 valence electrons. The van der Waals surface area contributed by atoms with E-state index in [-0.39, 0.29) is 5.91 Å². The van der Waals surface area contributed by atoms with Gasteiger partial charge < -0.3 is 5.32 Å². The van der Waals surface area contributed by atoms with Gasteiger partial charge in [0.05, 0.1) is 5.41 Å². The number of piperidine rings is 1. The Bertz CT molecular complexity index is 977. The Labute approximate surface area is 178 Å². The first-order valence-electron chi connectivity index (χ1n) is 10.5. The summed E-state index contributed by atoms with van der Waals surface area (Å²) < 4.78 is 0. The van der Waals surface area contributed by atoms with Gasteiger partial charge in [-0.2, -0.15) is 0 Å². The average molecular weight is 401 g/mol. The van der Waals surface area contributed by atoms with Crippen molar-refractivity contribution in [2.24, 2.45) is 5.41 Å². The number of nitrogens with one attached hydrogen (secondary N) is 1. The van der Waals surface area contributed by atoms with Crippen molar-refractivity contribution in [1.82, 2.24) is 20.2 Å². The smallest absolute Gasteiger partial charge is 0.227 e. The van der Waals surface area contributed by atoms with Crippen LogP contribution >= 0.6 is 0 Å². The number of hydrogen-bond acceptors (Lipinski definition) is 4. The lowest BCUT2D eigenvalue weighted by Crippen LogP contribution is -2.52. The van der Waals surface area contributed by atoms with E-state index in [1.165, 1.54) is 11.1 Å². The summed E-state index contributed by atoms with van der Waals surface area (Å²) in [7, 11) is 1.75. The highest BCUT2D eigenvalue weighted by molar-refractivity contribution is 5.83. The van der Waals surface area contributed by atoms with E-state index >= 15 is 0 Å². The van der Waals surface area contributed by atoms with Crippen molar-refractivity contribution >= 4 is 5.91 Å². The number of carbonyl (C=O) groups excluding carboxylic acids is 1. The van der Waals surface area contributed by atoms with Crippen LogP contribution < -0.4 is 5.32 Å². The first-order chi connectivity index (χ1) is 14.7. The molecule has 3 aromatic rings. The molecule has 3 heterocycles. The molecule has 0 spiro atoms. The fraction of sp³-hybridized carbons (Fsp3) is 0.320. The van der Waals surface area contributed by atoms with E-state index < -0.39 is 5.41 Å². The predicted octanol–water partition coefficient (Wildman–Crippen LogP) is 3.71. The van der Waals surface area contributed by atoms with Crippen molar-refractivity contribution in [3.05, 3.63) is 84.4 Å². The normalized spacial score (nSPS) is 19.4. The van der Waals surface area contributed by atoms with Gasteiger partial charge in [-0.25, -0.2) is 0 Å². The van der Waals surface area contributed by atoms with Crippen molar-refractivity contribution in [3.63, 3.8) is 0 Å². The molecule has 1 N–H and O–H groups in total. The lowest BCUT2D eigenvalue weighted by Gasteiger charge is -2.42. The molecule has 0 bridgehead atoms. The molecule has 1 unspecified atom stereocenters. The summed E-state index contributed by atoms with van der Waals surface area (Å²) in [6.45, 7) is 2.59. The summed E-state index contributed by atoms with van der Waals surface area (Å²) in [6, 6.07) is 16.5. The van der Waals surface area contributed by atoms with Gasteiger partial charge in [0.25, 0.3) is 0 Å². The van der Waals surface area contributed by atoms with Gasteiger partial charge in [0.2, 0.25) is 5.91 Å². The van der Waals surface area contributed by atoms with E-state index in [9.17, 15) is 4.79 Å². The molecule has 0 aliphatic carbocycles. The second kappa shape index (κ2) is 9.18. The largest absolute Gasteiger partial charge is 0.359 e. The molecule has 2 aromatic heterocycles. The average Bonchev–Trinajstić information content (AvgIpc) is 2.80. The second-order valence-corrected chi connectivity index (χ2v) is 8.10. The van der Waals surface area contributed by atoms with Crippen molar-refractivity contribution in [1.29, 1.82) is 0 Å². The maximum absolute atomic E-state index is 13.2. The van der Waals surface area contributed by atoms with Crippen LogP contribution in [-0.2, 0) is 17.8 Å².